The van der Waals surface area contributed by atoms with Gasteiger partial charge in [0.25, 0.3) is 10.0 Å². The highest BCUT2D eigenvalue weighted by atomic mass is 32.2. The van der Waals surface area contributed by atoms with Crippen molar-refractivity contribution in [3.8, 4) is 5.88 Å². The zero-order valence-electron chi connectivity index (χ0n) is 15.7. The van der Waals surface area contributed by atoms with Crippen molar-refractivity contribution < 1.29 is 31.1 Å². The second kappa shape index (κ2) is 9.35. The third kappa shape index (κ3) is 6.96. The Morgan fingerprint density at radius 1 is 1.06 bits per heavy atom. The summed E-state index contributed by atoms with van der Waals surface area (Å²) >= 11 is 1.10. The van der Waals surface area contributed by atoms with Gasteiger partial charge in [0, 0.05) is 11.8 Å². The highest BCUT2D eigenvalue weighted by molar-refractivity contribution is 7.94. The molecule has 12 heteroatoms. The molecule has 0 spiro atoms. The fraction of sp³-hybridized carbons (Fsp3) is 0.158. The highest BCUT2D eigenvalue weighted by Gasteiger charge is 2.28. The number of sulfonamides is 1. The van der Waals surface area contributed by atoms with E-state index in [4.69, 9.17) is 0 Å². The lowest BCUT2D eigenvalue weighted by Gasteiger charge is -2.10. The van der Waals surface area contributed by atoms with E-state index in [0.29, 0.717) is 16.9 Å². The molecule has 2 heterocycles. The number of benzene rings is 1. The normalized spacial score (nSPS) is 11.7. The monoisotopic (exact) mass is 471 g/mol. The molecular formula is C19H16F3N3O4S2. The number of carbonyl (C=O) groups excluding carboxylic acids is 1. The maximum atomic E-state index is 12.2. The number of nitrogens with one attached hydrogen (secondary N) is 2. The zero-order chi connectivity index (χ0) is 22.5. The van der Waals surface area contributed by atoms with E-state index in [1.807, 2.05) is 0 Å². The fourth-order valence-electron chi connectivity index (χ4n) is 2.40. The molecule has 0 fully saturated rings. The van der Waals surface area contributed by atoms with Crippen LogP contribution >= 0.6 is 11.3 Å². The van der Waals surface area contributed by atoms with Gasteiger partial charge in [-0.3, -0.25) is 9.52 Å². The van der Waals surface area contributed by atoms with Crippen LogP contribution in [0, 0.1) is 0 Å². The van der Waals surface area contributed by atoms with Gasteiger partial charge >= 0.3 is 6.18 Å². The van der Waals surface area contributed by atoms with E-state index in [-0.39, 0.29) is 22.4 Å². The summed E-state index contributed by atoms with van der Waals surface area (Å²) in [6.07, 6.45) is -3.27. The van der Waals surface area contributed by atoms with Crippen LogP contribution in [0.3, 0.4) is 0 Å². The number of anilines is 2. The van der Waals surface area contributed by atoms with E-state index in [9.17, 15) is 26.4 Å². The molecule has 0 bridgehead atoms. The van der Waals surface area contributed by atoms with E-state index in [1.54, 1.807) is 35.7 Å². The van der Waals surface area contributed by atoms with E-state index < -0.39 is 22.8 Å². The number of amides is 1. The van der Waals surface area contributed by atoms with Gasteiger partial charge in [-0.1, -0.05) is 18.2 Å². The first kappa shape index (κ1) is 22.6. The number of carbonyl (C=O) groups is 1. The number of pyridine rings is 1. The summed E-state index contributed by atoms with van der Waals surface area (Å²) in [7, 11) is -3.65. The van der Waals surface area contributed by atoms with Crippen LogP contribution in [0.25, 0.3) is 0 Å². The van der Waals surface area contributed by atoms with Gasteiger partial charge in [0.05, 0.1) is 18.3 Å². The molecule has 3 rings (SSSR count). The molecule has 164 valence electrons. The third-order valence-electron chi connectivity index (χ3n) is 3.73. The number of halogens is 3. The minimum atomic E-state index is -4.46. The standard InChI is InChI=1S/C19H16F3N3O4S2/c20-19(21,22)12-29-17-8-7-15(11-23-17)24-16(26)10-13-3-5-14(6-4-13)25-31(27,28)18-2-1-9-30-18/h1-9,11,25H,10,12H2,(H,24,26). The Bertz CT molecular complexity index is 1120. The molecule has 2 N–H and O–H groups in total. The maximum absolute atomic E-state index is 12.2. The first-order valence-electron chi connectivity index (χ1n) is 8.71. The molecule has 0 aliphatic heterocycles. The number of thiophene rings is 1. The van der Waals surface area contributed by atoms with Crippen LogP contribution in [-0.2, 0) is 21.2 Å². The van der Waals surface area contributed by atoms with Crippen LogP contribution in [0.2, 0.25) is 0 Å². The van der Waals surface area contributed by atoms with Crippen LogP contribution in [0.4, 0.5) is 24.5 Å². The van der Waals surface area contributed by atoms with Crippen LogP contribution in [-0.4, -0.2) is 32.1 Å². The van der Waals surface area contributed by atoms with E-state index >= 15 is 0 Å². The summed E-state index contributed by atoms with van der Waals surface area (Å²) < 4.78 is 67.9. The van der Waals surface area contributed by atoms with Gasteiger partial charge in [-0.05, 0) is 35.2 Å². The number of nitrogens with zero attached hydrogens (tertiary/aromatic N) is 1. The summed E-state index contributed by atoms with van der Waals surface area (Å²) in [4.78, 5) is 15.9. The first-order valence-corrected chi connectivity index (χ1v) is 11.1. The predicted molar refractivity (Wildman–Crippen MR) is 110 cm³/mol. The summed E-state index contributed by atoms with van der Waals surface area (Å²) in [5.41, 5.74) is 1.29. The highest BCUT2D eigenvalue weighted by Crippen LogP contribution is 2.21. The minimum absolute atomic E-state index is 0.00425. The van der Waals surface area contributed by atoms with Crippen molar-refractivity contribution in [1.82, 2.24) is 4.98 Å². The molecule has 1 aromatic carbocycles. The maximum Gasteiger partial charge on any atom is 0.422 e. The van der Waals surface area contributed by atoms with Crippen molar-refractivity contribution in [2.45, 2.75) is 16.8 Å². The van der Waals surface area contributed by atoms with Crippen LogP contribution in [0.5, 0.6) is 5.88 Å². The lowest BCUT2D eigenvalue weighted by Crippen LogP contribution is -2.19. The summed E-state index contributed by atoms with van der Waals surface area (Å²) in [5, 5.41) is 4.23. The van der Waals surface area contributed by atoms with Gasteiger partial charge in [0.15, 0.2) is 6.61 Å². The minimum Gasteiger partial charge on any atom is -0.468 e. The molecule has 1 amide bonds. The average molecular weight is 471 g/mol. The van der Waals surface area contributed by atoms with Gasteiger partial charge in [-0.2, -0.15) is 13.2 Å². The van der Waals surface area contributed by atoms with Gasteiger partial charge in [-0.25, -0.2) is 13.4 Å². The molecule has 0 saturated carbocycles. The van der Waals surface area contributed by atoms with Gasteiger partial charge < -0.3 is 10.1 Å². The molecule has 0 atom stereocenters. The lowest BCUT2D eigenvalue weighted by atomic mass is 10.1. The van der Waals surface area contributed by atoms with E-state index in [1.165, 1.54) is 24.4 Å². The molecule has 0 aliphatic rings. The molecule has 0 unspecified atom stereocenters. The molecule has 0 aliphatic carbocycles. The summed E-state index contributed by atoms with van der Waals surface area (Å²) in [6.45, 7) is -1.45. The number of hydrogen-bond acceptors (Lipinski definition) is 6. The van der Waals surface area contributed by atoms with Crippen LogP contribution < -0.4 is 14.8 Å². The third-order valence-corrected chi connectivity index (χ3v) is 6.51. The van der Waals surface area contributed by atoms with Crippen LogP contribution in [0.15, 0.2) is 64.3 Å². The lowest BCUT2D eigenvalue weighted by molar-refractivity contribution is -0.154. The second-order valence-corrected chi connectivity index (χ2v) is 9.11. The van der Waals surface area contributed by atoms with Crippen molar-refractivity contribution >= 4 is 38.6 Å². The molecule has 3 aromatic rings. The van der Waals surface area contributed by atoms with Crippen molar-refractivity contribution in [3.05, 3.63) is 65.7 Å². The van der Waals surface area contributed by atoms with Crippen molar-refractivity contribution in [1.29, 1.82) is 0 Å². The average Bonchev–Trinajstić information content (AvgIpc) is 3.24. The second-order valence-electron chi connectivity index (χ2n) is 6.25. The molecule has 0 saturated heterocycles. The molecule has 31 heavy (non-hydrogen) atoms. The van der Waals surface area contributed by atoms with Crippen molar-refractivity contribution in [3.63, 3.8) is 0 Å². The quantitative estimate of drug-likeness (QED) is 0.516. The molecule has 2 aromatic heterocycles. The Morgan fingerprint density at radius 3 is 2.35 bits per heavy atom. The zero-order valence-corrected chi connectivity index (χ0v) is 17.4. The van der Waals surface area contributed by atoms with Gasteiger partial charge in [-0.15, -0.1) is 11.3 Å². The molecule has 7 nitrogen and oxygen atoms in total. The molecule has 0 radical (unpaired) electrons. The van der Waals surface area contributed by atoms with E-state index in [0.717, 1.165) is 11.3 Å². The van der Waals surface area contributed by atoms with E-state index in [2.05, 4.69) is 19.8 Å². The summed E-state index contributed by atoms with van der Waals surface area (Å²) in [5.74, 6) is -0.589. The predicted octanol–water partition coefficient (Wildman–Crippen LogP) is 4.07. The Balaban J connectivity index is 1.52. The topological polar surface area (TPSA) is 97.4 Å². The Morgan fingerprint density at radius 2 is 1.77 bits per heavy atom. The Kier molecular flexibility index (Phi) is 6.81. The molecular weight excluding hydrogens is 455 g/mol. The fourth-order valence-corrected chi connectivity index (χ4v) is 4.45. The summed E-state index contributed by atoms with van der Waals surface area (Å²) in [6, 6.07) is 12.0. The Hall–Kier alpha value is -3.12. The smallest absolute Gasteiger partial charge is 0.422 e. The number of aromatic nitrogens is 1. The van der Waals surface area contributed by atoms with Crippen molar-refractivity contribution in [2.75, 3.05) is 16.6 Å². The Labute approximate surface area is 179 Å². The number of hydrogen-bond donors (Lipinski definition) is 2. The van der Waals surface area contributed by atoms with Crippen LogP contribution in [0.1, 0.15) is 5.56 Å². The number of rotatable bonds is 8. The van der Waals surface area contributed by atoms with Gasteiger partial charge in [0.2, 0.25) is 11.8 Å². The first-order chi connectivity index (χ1) is 14.6. The van der Waals surface area contributed by atoms with Crippen molar-refractivity contribution in [2.24, 2.45) is 0 Å². The SMILES string of the molecule is O=C(Cc1ccc(NS(=O)(=O)c2cccs2)cc1)Nc1ccc(OCC(F)(F)F)nc1. The van der Waals surface area contributed by atoms with Gasteiger partial charge in [0.1, 0.15) is 4.21 Å². The largest absolute Gasteiger partial charge is 0.468 e. The number of alkyl halides is 3. The number of ether oxygens (including phenoxy) is 1.